The molecule has 0 spiro atoms. The molecule has 2 fully saturated rings. The summed E-state index contributed by atoms with van der Waals surface area (Å²) in [6.07, 6.45) is 4.81. The van der Waals surface area contributed by atoms with Crippen LogP contribution < -0.4 is 0 Å². The first-order valence-electron chi connectivity index (χ1n) is 22.6. The number of hydrogen-bond donors (Lipinski definition) is 5. The zero-order valence-electron chi connectivity index (χ0n) is 38.8. The van der Waals surface area contributed by atoms with Gasteiger partial charge >= 0.3 is 31.3 Å². The van der Waals surface area contributed by atoms with Crippen molar-refractivity contribution in [2.45, 2.75) is 57.2 Å². The Morgan fingerprint density at radius 3 is 0.882 bits per heavy atom. The van der Waals surface area contributed by atoms with Gasteiger partial charge in [0, 0.05) is 0 Å². The summed E-state index contributed by atoms with van der Waals surface area (Å²) >= 11 is 0. The van der Waals surface area contributed by atoms with Gasteiger partial charge in [-0.2, -0.15) is 0 Å². The molecule has 0 saturated heterocycles. The molecular formula is C37H76O27P4. The van der Waals surface area contributed by atoms with Crippen LogP contribution in [0.5, 0.6) is 0 Å². The fourth-order valence-corrected chi connectivity index (χ4v) is 8.61. The molecule has 5 N–H and O–H groups in total. The minimum atomic E-state index is -4.58. The van der Waals surface area contributed by atoms with Crippen LogP contribution in [0.2, 0.25) is 0 Å². The molecule has 0 bridgehead atoms. The van der Waals surface area contributed by atoms with E-state index in [1.54, 1.807) is 0 Å². The second-order valence-electron chi connectivity index (χ2n) is 14.7. The van der Waals surface area contributed by atoms with Crippen LogP contribution >= 0.6 is 31.3 Å². The van der Waals surface area contributed by atoms with E-state index in [0.717, 1.165) is 44.9 Å². The molecule has 2 rings (SSSR count). The molecule has 0 aromatic carbocycles. The van der Waals surface area contributed by atoms with Gasteiger partial charge in [-0.15, -0.1) is 0 Å². The standard InChI is InChI=1S/C37H76O27P4/c38-36(33-62-66(41,42)58-29-25-54-21-17-50-13-9-47-8-12-49-16-20-53-24-28-57-65(39,40)61-32-35-4-3-5-35)34-63-67(43,44)59-30-26-55-22-18-51-14-10-48-11-15-52-19-23-56-27-31-60-68(45,46)64-37-6-1-2-7-37/h35-38H,1-34H2,(H,39,40)(H,41,42)(H,43,44)(H,45,46). The van der Waals surface area contributed by atoms with Crippen LogP contribution in [-0.2, 0) is 102 Å². The van der Waals surface area contributed by atoms with E-state index < -0.39 is 50.6 Å². The van der Waals surface area contributed by atoms with Crippen LogP contribution in [0.1, 0.15) is 44.9 Å². The molecule has 0 aromatic heterocycles. The molecule has 406 valence electrons. The van der Waals surface area contributed by atoms with Crippen LogP contribution in [0, 0.1) is 5.92 Å². The Balaban J connectivity index is 1.26. The number of ether oxygens (including phenoxy) is 10. The van der Waals surface area contributed by atoms with Crippen LogP contribution in [0.15, 0.2) is 0 Å². The van der Waals surface area contributed by atoms with Gasteiger partial charge in [0.05, 0.1) is 184 Å². The maximum Gasteiger partial charge on any atom is 0.472 e. The van der Waals surface area contributed by atoms with Crippen LogP contribution in [0.4, 0.5) is 0 Å². The summed E-state index contributed by atoms with van der Waals surface area (Å²) in [6.45, 7) is 2.64. The Hall–Kier alpha value is -0.0000000000000000971. The van der Waals surface area contributed by atoms with Gasteiger partial charge in [0.15, 0.2) is 0 Å². The Labute approximate surface area is 398 Å². The van der Waals surface area contributed by atoms with Crippen LogP contribution in [0.3, 0.4) is 0 Å². The van der Waals surface area contributed by atoms with E-state index in [2.05, 4.69) is 9.05 Å². The maximum absolute atomic E-state index is 12.0. The molecular weight excluding hydrogens is 1000 g/mol. The lowest BCUT2D eigenvalue weighted by molar-refractivity contribution is -0.0167. The molecule has 5 atom stereocenters. The molecule has 0 aromatic rings. The van der Waals surface area contributed by atoms with E-state index in [0.29, 0.717) is 72.0 Å². The molecule has 5 unspecified atom stereocenters. The molecule has 2 aliphatic carbocycles. The highest BCUT2D eigenvalue weighted by atomic mass is 31.2. The average molecular weight is 1080 g/mol. The van der Waals surface area contributed by atoms with Crippen molar-refractivity contribution >= 4 is 31.3 Å². The maximum atomic E-state index is 12.0. The first-order valence-corrected chi connectivity index (χ1v) is 28.6. The summed E-state index contributed by atoms with van der Waals surface area (Å²) in [4.78, 5) is 38.9. The largest absolute Gasteiger partial charge is 0.472 e. The predicted molar refractivity (Wildman–Crippen MR) is 236 cm³/mol. The Kier molecular flexibility index (Phi) is 38.1. The lowest BCUT2D eigenvalue weighted by Gasteiger charge is -2.25. The fourth-order valence-electron chi connectivity index (χ4n) is 5.40. The van der Waals surface area contributed by atoms with Crippen molar-refractivity contribution in [3.8, 4) is 0 Å². The second kappa shape index (κ2) is 40.4. The van der Waals surface area contributed by atoms with Gasteiger partial charge in [-0.25, -0.2) is 18.3 Å². The number of aliphatic hydroxyl groups excluding tert-OH is 1. The fraction of sp³-hybridized carbons (Fsp3) is 1.00. The molecule has 68 heavy (non-hydrogen) atoms. The summed E-state index contributed by atoms with van der Waals surface area (Å²) in [6, 6.07) is 0. The molecule has 31 heteroatoms. The number of phosphoric ester groups is 4. The first kappa shape index (κ1) is 64.1. The summed E-state index contributed by atoms with van der Waals surface area (Å²) in [5.74, 6) is 0.331. The molecule has 2 saturated carbocycles. The van der Waals surface area contributed by atoms with Crippen LogP contribution in [-0.4, -0.2) is 215 Å². The predicted octanol–water partition coefficient (Wildman–Crippen LogP) is 2.79. The number of aliphatic hydroxyl groups is 1. The second-order valence-corrected chi connectivity index (χ2v) is 20.4. The smallest absolute Gasteiger partial charge is 0.388 e. The lowest BCUT2D eigenvalue weighted by atomic mass is 9.86. The van der Waals surface area contributed by atoms with Crippen molar-refractivity contribution in [1.29, 1.82) is 0 Å². The Morgan fingerprint density at radius 1 is 0.338 bits per heavy atom. The van der Waals surface area contributed by atoms with Crippen molar-refractivity contribution in [3.63, 3.8) is 0 Å². The molecule has 0 heterocycles. The van der Waals surface area contributed by atoms with Crippen molar-refractivity contribution in [2.75, 3.05) is 178 Å². The quantitative estimate of drug-likeness (QED) is 0.0432. The molecule has 0 aliphatic heterocycles. The molecule has 0 amide bonds. The SMILES string of the molecule is O=P(O)(OCCOCCOCCOCCOCCOCCOP(=O)(O)OCC1CCC1)OCC(O)COP(=O)(O)OCCOCCOCCOCCOCCOCCOP(=O)(O)OC1CCCC1. The summed E-state index contributed by atoms with van der Waals surface area (Å²) in [5, 5.41) is 9.95. The highest BCUT2D eigenvalue weighted by Gasteiger charge is 2.29. The number of rotatable bonds is 51. The highest BCUT2D eigenvalue weighted by Crippen LogP contribution is 2.47. The van der Waals surface area contributed by atoms with Gasteiger partial charge in [0.2, 0.25) is 0 Å². The molecule has 2 aliphatic rings. The first-order chi connectivity index (χ1) is 32.7. The normalized spacial score (nSPS) is 18.8. The van der Waals surface area contributed by atoms with E-state index >= 15 is 0 Å². The van der Waals surface area contributed by atoms with Gasteiger partial charge in [-0.3, -0.25) is 36.2 Å². The lowest BCUT2D eigenvalue weighted by Crippen LogP contribution is -2.21. The minimum absolute atomic E-state index is 0.0610. The van der Waals surface area contributed by atoms with Crippen molar-refractivity contribution in [2.24, 2.45) is 5.92 Å². The highest BCUT2D eigenvalue weighted by molar-refractivity contribution is 7.48. The third-order valence-corrected chi connectivity index (χ3v) is 13.1. The third-order valence-electron chi connectivity index (χ3n) is 9.05. The van der Waals surface area contributed by atoms with Gasteiger partial charge < -0.3 is 72.0 Å². The topological polar surface area (TPSA) is 336 Å². The van der Waals surface area contributed by atoms with E-state index in [1.165, 1.54) is 0 Å². The third kappa shape index (κ3) is 39.5. The zero-order valence-corrected chi connectivity index (χ0v) is 42.4. The number of phosphoric acid groups is 4. The van der Waals surface area contributed by atoms with Gasteiger partial charge in [0.25, 0.3) is 0 Å². The van der Waals surface area contributed by atoms with E-state index in [1.807, 2.05) is 0 Å². The van der Waals surface area contributed by atoms with Gasteiger partial charge in [-0.1, -0.05) is 19.3 Å². The van der Waals surface area contributed by atoms with Crippen LogP contribution in [0.25, 0.3) is 0 Å². The zero-order chi connectivity index (χ0) is 49.5. The van der Waals surface area contributed by atoms with Crippen molar-refractivity contribution in [1.82, 2.24) is 0 Å². The Morgan fingerprint density at radius 2 is 0.603 bits per heavy atom. The van der Waals surface area contributed by atoms with Crippen molar-refractivity contribution in [3.05, 3.63) is 0 Å². The molecule has 0 radical (unpaired) electrons. The monoisotopic (exact) mass is 1080 g/mol. The van der Waals surface area contributed by atoms with E-state index in [9.17, 15) is 42.9 Å². The van der Waals surface area contributed by atoms with Crippen molar-refractivity contribution < 1.29 is 126 Å². The summed E-state index contributed by atoms with van der Waals surface area (Å²) in [5.41, 5.74) is 0. The van der Waals surface area contributed by atoms with E-state index in [4.69, 9.17) is 74.5 Å². The summed E-state index contributed by atoms with van der Waals surface area (Å²) < 4.78 is 140. The summed E-state index contributed by atoms with van der Waals surface area (Å²) in [7, 11) is -17.3. The van der Waals surface area contributed by atoms with E-state index in [-0.39, 0.29) is 105 Å². The molecule has 27 nitrogen and oxygen atoms in total. The van der Waals surface area contributed by atoms with Gasteiger partial charge in [-0.05, 0) is 31.6 Å². The minimum Gasteiger partial charge on any atom is -0.388 e. The van der Waals surface area contributed by atoms with Gasteiger partial charge in [0.1, 0.15) is 6.10 Å². The Bertz CT molecular complexity index is 1400. The average Bonchev–Trinajstić information content (AvgIpc) is 3.78. The number of hydrogen-bond acceptors (Lipinski definition) is 23.